The van der Waals surface area contributed by atoms with Gasteiger partial charge in [0, 0.05) is 26.2 Å². The van der Waals surface area contributed by atoms with E-state index in [1.807, 2.05) is 20.8 Å². The van der Waals surface area contributed by atoms with Crippen LogP contribution in [-0.4, -0.2) is 34.4 Å². The Balaban J connectivity index is 2.81. The lowest BCUT2D eigenvalue weighted by Crippen LogP contribution is -2.56. The molecule has 0 saturated carbocycles. The summed E-state index contributed by atoms with van der Waals surface area (Å²) in [5, 5.41) is 0. The molecule has 1 saturated heterocycles. The van der Waals surface area contributed by atoms with E-state index in [2.05, 4.69) is 6.92 Å². The standard InChI is InChI=1S/C13H28O4Si/c1-5-11-18(16-8-4)12-9-10-13(17-18,14-6-2)15-7-3/h5-12H2,1-4H3. The molecule has 108 valence electrons. The summed E-state index contributed by atoms with van der Waals surface area (Å²) < 4.78 is 23.8. The maximum atomic E-state index is 6.30. The van der Waals surface area contributed by atoms with Crippen LogP contribution >= 0.6 is 0 Å². The zero-order valence-corrected chi connectivity index (χ0v) is 13.3. The van der Waals surface area contributed by atoms with Crippen molar-refractivity contribution in [3.05, 3.63) is 0 Å². The largest absolute Gasteiger partial charge is 0.394 e. The lowest BCUT2D eigenvalue weighted by Gasteiger charge is -2.45. The minimum absolute atomic E-state index is 0.600. The minimum atomic E-state index is -2.14. The van der Waals surface area contributed by atoms with Gasteiger partial charge in [0.1, 0.15) is 0 Å². The summed E-state index contributed by atoms with van der Waals surface area (Å²) in [5.41, 5.74) is 0. The van der Waals surface area contributed by atoms with E-state index in [0.717, 1.165) is 31.4 Å². The van der Waals surface area contributed by atoms with Crippen LogP contribution in [0.25, 0.3) is 0 Å². The van der Waals surface area contributed by atoms with Crippen molar-refractivity contribution in [1.29, 1.82) is 0 Å². The summed E-state index contributed by atoms with van der Waals surface area (Å²) in [6.07, 6.45) is 2.95. The molecule has 1 atom stereocenters. The summed E-state index contributed by atoms with van der Waals surface area (Å²) in [4.78, 5) is 0. The second-order valence-corrected chi connectivity index (χ2v) is 7.91. The van der Waals surface area contributed by atoms with E-state index in [1.165, 1.54) is 0 Å². The van der Waals surface area contributed by atoms with Crippen molar-refractivity contribution in [3.8, 4) is 0 Å². The lowest BCUT2D eigenvalue weighted by molar-refractivity contribution is -0.358. The molecule has 0 aromatic carbocycles. The number of ether oxygens (including phenoxy) is 2. The Morgan fingerprint density at radius 3 is 2.22 bits per heavy atom. The fourth-order valence-electron chi connectivity index (χ4n) is 2.64. The van der Waals surface area contributed by atoms with Crippen LogP contribution < -0.4 is 0 Å². The predicted octanol–water partition coefficient (Wildman–Crippen LogP) is 3.41. The molecule has 5 heteroatoms. The molecule has 4 nitrogen and oxygen atoms in total. The Morgan fingerprint density at radius 1 is 1.06 bits per heavy atom. The molecule has 1 aliphatic heterocycles. The maximum absolute atomic E-state index is 6.30. The van der Waals surface area contributed by atoms with Crippen molar-refractivity contribution >= 4 is 8.56 Å². The Hall–Kier alpha value is 0.0569. The number of hydrogen-bond donors (Lipinski definition) is 0. The van der Waals surface area contributed by atoms with Crippen molar-refractivity contribution in [1.82, 2.24) is 0 Å². The quantitative estimate of drug-likeness (QED) is 0.503. The van der Waals surface area contributed by atoms with Crippen molar-refractivity contribution in [3.63, 3.8) is 0 Å². The third-order valence-corrected chi connectivity index (χ3v) is 7.02. The summed E-state index contributed by atoms with van der Waals surface area (Å²) >= 11 is 0. The van der Waals surface area contributed by atoms with Gasteiger partial charge >= 0.3 is 8.56 Å². The Kier molecular flexibility index (Phi) is 6.80. The van der Waals surface area contributed by atoms with Crippen LogP contribution in [-0.2, 0) is 18.3 Å². The molecule has 0 spiro atoms. The molecule has 1 unspecified atom stereocenters. The molecule has 0 bridgehead atoms. The van der Waals surface area contributed by atoms with Gasteiger partial charge in [0.25, 0.3) is 5.97 Å². The number of hydrogen-bond acceptors (Lipinski definition) is 4. The van der Waals surface area contributed by atoms with Crippen LogP contribution in [0, 0.1) is 0 Å². The highest BCUT2D eigenvalue weighted by Gasteiger charge is 2.50. The summed E-state index contributed by atoms with van der Waals surface area (Å²) in [7, 11) is -2.14. The monoisotopic (exact) mass is 276 g/mol. The first-order valence-electron chi connectivity index (χ1n) is 7.28. The molecular formula is C13H28O4Si. The molecule has 0 N–H and O–H groups in total. The van der Waals surface area contributed by atoms with Crippen molar-refractivity contribution in [2.24, 2.45) is 0 Å². The van der Waals surface area contributed by atoms with Gasteiger partial charge in [0.05, 0.1) is 0 Å². The average molecular weight is 276 g/mol. The Morgan fingerprint density at radius 2 is 1.72 bits per heavy atom. The Labute approximate surface area is 112 Å². The van der Waals surface area contributed by atoms with E-state index in [-0.39, 0.29) is 0 Å². The smallest absolute Gasteiger partial charge is 0.342 e. The van der Waals surface area contributed by atoms with E-state index in [4.69, 9.17) is 18.3 Å². The first kappa shape index (κ1) is 16.1. The summed E-state index contributed by atoms with van der Waals surface area (Å²) in [6, 6.07) is 2.07. The molecule has 0 aliphatic carbocycles. The fourth-order valence-corrected chi connectivity index (χ4v) is 6.23. The van der Waals surface area contributed by atoms with E-state index in [1.54, 1.807) is 0 Å². The van der Waals surface area contributed by atoms with Gasteiger partial charge in [0.15, 0.2) is 0 Å². The van der Waals surface area contributed by atoms with E-state index < -0.39 is 14.5 Å². The summed E-state index contributed by atoms with van der Waals surface area (Å²) in [6.45, 7) is 10.1. The Bertz CT molecular complexity index is 190. The second kappa shape index (κ2) is 7.60. The van der Waals surface area contributed by atoms with Gasteiger partial charge < -0.3 is 18.3 Å². The molecule has 0 aromatic heterocycles. The highest BCUT2D eigenvalue weighted by Crippen LogP contribution is 2.38. The first-order valence-corrected chi connectivity index (χ1v) is 9.51. The van der Waals surface area contributed by atoms with Crippen LogP contribution in [0.2, 0.25) is 12.1 Å². The predicted molar refractivity (Wildman–Crippen MR) is 73.6 cm³/mol. The SMILES string of the molecule is CCC[Si]1(OCC)CCCC(OCC)(OCC)O1. The molecule has 1 rings (SSSR count). The van der Waals surface area contributed by atoms with Gasteiger partial charge in [-0.1, -0.05) is 13.3 Å². The summed E-state index contributed by atoms with van der Waals surface area (Å²) in [5.74, 6) is -0.849. The second-order valence-electron chi connectivity index (χ2n) is 4.60. The first-order chi connectivity index (χ1) is 8.66. The molecule has 0 amide bonds. The topological polar surface area (TPSA) is 36.9 Å². The molecule has 0 aromatic rings. The van der Waals surface area contributed by atoms with Gasteiger partial charge in [-0.3, -0.25) is 0 Å². The highest BCUT2D eigenvalue weighted by molar-refractivity contribution is 6.67. The third kappa shape index (κ3) is 4.03. The average Bonchev–Trinajstić information content (AvgIpc) is 2.30. The van der Waals surface area contributed by atoms with Crippen LogP contribution in [0.4, 0.5) is 0 Å². The molecule has 1 heterocycles. The number of rotatable bonds is 8. The minimum Gasteiger partial charge on any atom is -0.394 e. The molecule has 1 fully saturated rings. The molecule has 0 radical (unpaired) electrons. The van der Waals surface area contributed by atoms with Crippen molar-refractivity contribution < 1.29 is 18.3 Å². The third-order valence-electron chi connectivity index (χ3n) is 3.15. The van der Waals surface area contributed by atoms with Crippen LogP contribution in [0.3, 0.4) is 0 Å². The zero-order valence-electron chi connectivity index (χ0n) is 12.3. The fraction of sp³-hybridized carbons (Fsp3) is 1.00. The molecular weight excluding hydrogens is 248 g/mol. The molecule has 1 aliphatic rings. The lowest BCUT2D eigenvalue weighted by atomic mass is 10.3. The van der Waals surface area contributed by atoms with Gasteiger partial charge in [-0.2, -0.15) is 0 Å². The van der Waals surface area contributed by atoms with Crippen molar-refractivity contribution in [2.75, 3.05) is 19.8 Å². The maximum Gasteiger partial charge on any atom is 0.342 e. The van der Waals surface area contributed by atoms with Gasteiger partial charge in [0.2, 0.25) is 0 Å². The van der Waals surface area contributed by atoms with E-state index >= 15 is 0 Å². The highest BCUT2D eigenvalue weighted by atomic mass is 28.4. The normalized spacial score (nSPS) is 27.3. The van der Waals surface area contributed by atoms with Crippen LogP contribution in [0.5, 0.6) is 0 Å². The van der Waals surface area contributed by atoms with Crippen LogP contribution in [0.1, 0.15) is 47.0 Å². The molecule has 18 heavy (non-hydrogen) atoms. The zero-order chi connectivity index (χ0) is 13.5. The van der Waals surface area contributed by atoms with Gasteiger partial charge in [-0.25, -0.2) is 0 Å². The van der Waals surface area contributed by atoms with E-state index in [0.29, 0.717) is 19.8 Å². The van der Waals surface area contributed by atoms with E-state index in [9.17, 15) is 0 Å². The van der Waals surface area contributed by atoms with Gasteiger partial charge in [-0.15, -0.1) is 0 Å². The van der Waals surface area contributed by atoms with Crippen LogP contribution in [0.15, 0.2) is 0 Å². The van der Waals surface area contributed by atoms with Gasteiger partial charge in [-0.05, 0) is 39.3 Å². The van der Waals surface area contributed by atoms with Crippen molar-refractivity contribution in [2.45, 2.75) is 65.0 Å².